The first-order chi connectivity index (χ1) is 23.7. The predicted octanol–water partition coefficient (Wildman–Crippen LogP) is 7.67. The van der Waals surface area contributed by atoms with Crippen molar-refractivity contribution >= 4 is 45.5 Å². The molecule has 49 heavy (non-hydrogen) atoms. The number of carbonyl (C=O) groups is 1. The highest BCUT2D eigenvalue weighted by Gasteiger charge is 2.20. The van der Waals surface area contributed by atoms with Crippen LogP contribution in [0.5, 0.6) is 5.88 Å². The Hall–Kier alpha value is -4.45. The molecule has 2 heterocycles. The fourth-order valence-corrected chi connectivity index (χ4v) is 7.22. The molecule has 0 radical (unpaired) electrons. The minimum atomic E-state index is -4.06. The van der Waals surface area contributed by atoms with Crippen LogP contribution in [0.2, 0.25) is 10.0 Å². The Bertz CT molecular complexity index is 2010. The number of hydrogen-bond donors (Lipinski definition) is 1. The third kappa shape index (κ3) is 8.41. The normalized spacial score (nSPS) is 13.6. The summed E-state index contributed by atoms with van der Waals surface area (Å²) in [6.07, 6.45) is 10.1. The van der Waals surface area contributed by atoms with Crippen LogP contribution in [0.3, 0.4) is 0 Å². The second-order valence-corrected chi connectivity index (χ2v) is 14.6. The standard InChI is InChI=1S/C36H36Cl2N6O4S/c1-43(49(46,47)39-24-45)29-8-5-9-30(22-29)44-23-34(31-15-14-28(37)21-32(31)38)40-35(44)20-26-10-12-27(13-11-26)33-16-17-36(42-41-33)48-19-18-25-6-3-2-4-7-25/h5,8-17,21-25H,2-4,6-7,18-20H2,1H3,(H,39,45). The van der Waals surface area contributed by atoms with Gasteiger partial charge in [0.2, 0.25) is 12.3 Å². The molecule has 5 aromatic rings. The van der Waals surface area contributed by atoms with Crippen molar-refractivity contribution in [1.82, 2.24) is 24.5 Å². The number of benzene rings is 3. The molecule has 1 saturated carbocycles. The number of halogens is 2. The van der Waals surface area contributed by atoms with E-state index < -0.39 is 10.2 Å². The van der Waals surface area contributed by atoms with Crippen LogP contribution in [-0.4, -0.2) is 48.2 Å². The lowest BCUT2D eigenvalue weighted by Gasteiger charge is -2.21. The number of nitrogens with one attached hydrogen (secondary N) is 1. The summed E-state index contributed by atoms with van der Waals surface area (Å²) in [5.41, 5.74) is 4.99. The predicted molar refractivity (Wildman–Crippen MR) is 193 cm³/mol. The molecule has 0 spiro atoms. The topological polar surface area (TPSA) is 119 Å². The number of carbonyl (C=O) groups excluding carboxylic acids is 1. The summed E-state index contributed by atoms with van der Waals surface area (Å²) in [4.78, 5) is 15.8. The van der Waals surface area contributed by atoms with Crippen LogP contribution in [0.15, 0.2) is 85.1 Å². The minimum Gasteiger partial charge on any atom is -0.477 e. The number of imidazole rings is 1. The van der Waals surface area contributed by atoms with E-state index in [1.807, 2.05) is 64.0 Å². The lowest BCUT2D eigenvalue weighted by molar-refractivity contribution is -0.108. The minimum absolute atomic E-state index is 0.131. The largest absolute Gasteiger partial charge is 0.477 e. The first kappa shape index (κ1) is 34.4. The second kappa shape index (κ2) is 15.4. The third-order valence-electron chi connectivity index (χ3n) is 8.77. The van der Waals surface area contributed by atoms with Crippen molar-refractivity contribution in [3.8, 4) is 34.1 Å². The van der Waals surface area contributed by atoms with Crippen LogP contribution >= 0.6 is 23.2 Å². The monoisotopic (exact) mass is 718 g/mol. The van der Waals surface area contributed by atoms with E-state index in [0.29, 0.717) is 57.4 Å². The van der Waals surface area contributed by atoms with Crippen molar-refractivity contribution < 1.29 is 17.9 Å². The summed E-state index contributed by atoms with van der Waals surface area (Å²) in [7, 11) is -2.70. The molecule has 10 nitrogen and oxygen atoms in total. The van der Waals surface area contributed by atoms with Gasteiger partial charge in [-0.15, -0.1) is 10.2 Å². The van der Waals surface area contributed by atoms with Gasteiger partial charge in [-0.3, -0.25) is 9.10 Å². The maximum Gasteiger partial charge on any atom is 0.325 e. The fourth-order valence-electron chi connectivity index (χ4n) is 6.04. The van der Waals surface area contributed by atoms with Gasteiger partial charge in [-0.05, 0) is 60.4 Å². The summed E-state index contributed by atoms with van der Waals surface area (Å²) in [6, 6.07) is 23.9. The molecule has 1 fully saturated rings. The Labute approximate surface area is 296 Å². The van der Waals surface area contributed by atoms with Gasteiger partial charge in [0.15, 0.2) is 0 Å². The fraction of sp³-hybridized carbons (Fsp3) is 0.278. The zero-order valence-corrected chi connectivity index (χ0v) is 29.3. The highest BCUT2D eigenvalue weighted by atomic mass is 35.5. The SMILES string of the molecule is CN(c1cccc(-n2cc(-c3ccc(Cl)cc3Cl)nc2Cc2ccc(-c3ccc(OCCC4CCCCC4)nn3)cc2)c1)S(=O)(=O)NC=O. The number of amides is 1. The van der Waals surface area contributed by atoms with E-state index in [2.05, 4.69) is 10.2 Å². The van der Waals surface area contributed by atoms with Crippen molar-refractivity contribution in [3.05, 3.63) is 106 Å². The molecule has 1 amide bonds. The van der Waals surface area contributed by atoms with E-state index in [1.165, 1.54) is 39.2 Å². The Morgan fingerprint density at radius 2 is 1.76 bits per heavy atom. The Balaban J connectivity index is 1.23. The van der Waals surface area contributed by atoms with Crippen LogP contribution in [0.1, 0.15) is 49.9 Å². The van der Waals surface area contributed by atoms with Gasteiger partial charge >= 0.3 is 10.2 Å². The quantitative estimate of drug-likeness (QED) is 0.124. The second-order valence-electron chi connectivity index (χ2n) is 12.0. The van der Waals surface area contributed by atoms with Gasteiger partial charge in [0.05, 0.1) is 28.7 Å². The molecule has 1 aliphatic rings. The molecule has 0 atom stereocenters. The van der Waals surface area contributed by atoms with Gasteiger partial charge in [-0.1, -0.05) is 85.6 Å². The lowest BCUT2D eigenvalue weighted by Crippen LogP contribution is -2.37. The molecular formula is C36H36Cl2N6O4S. The molecule has 0 aliphatic heterocycles. The van der Waals surface area contributed by atoms with Crippen molar-refractivity contribution in [2.75, 3.05) is 18.0 Å². The molecule has 0 saturated heterocycles. The maximum atomic E-state index is 12.5. The summed E-state index contributed by atoms with van der Waals surface area (Å²) < 4.78 is 35.6. The van der Waals surface area contributed by atoms with E-state index >= 15 is 0 Å². The summed E-state index contributed by atoms with van der Waals surface area (Å²) in [6.45, 7) is 0.659. The van der Waals surface area contributed by atoms with Gasteiger partial charge in [0.25, 0.3) is 0 Å². The van der Waals surface area contributed by atoms with Crippen molar-refractivity contribution in [3.63, 3.8) is 0 Å². The van der Waals surface area contributed by atoms with Gasteiger partial charge in [-0.2, -0.15) is 8.42 Å². The smallest absolute Gasteiger partial charge is 0.325 e. The molecule has 13 heteroatoms. The molecule has 1 aliphatic carbocycles. The molecule has 254 valence electrons. The first-order valence-corrected chi connectivity index (χ1v) is 18.3. The molecule has 0 bridgehead atoms. The van der Waals surface area contributed by atoms with Gasteiger partial charge in [-0.25, -0.2) is 9.71 Å². The number of rotatable bonds is 13. The zero-order valence-electron chi connectivity index (χ0n) is 26.9. The number of ether oxygens (including phenoxy) is 1. The number of hydrogen-bond acceptors (Lipinski definition) is 7. The van der Waals surface area contributed by atoms with E-state index in [1.54, 1.807) is 30.3 Å². The van der Waals surface area contributed by atoms with Crippen LogP contribution in [0.4, 0.5) is 5.69 Å². The van der Waals surface area contributed by atoms with Crippen LogP contribution in [-0.2, 0) is 21.4 Å². The Kier molecular flexibility index (Phi) is 10.8. The third-order valence-corrected chi connectivity index (χ3v) is 10.6. The molecule has 6 rings (SSSR count). The van der Waals surface area contributed by atoms with Gasteiger partial charge < -0.3 is 9.30 Å². The lowest BCUT2D eigenvalue weighted by atomic mass is 9.87. The summed E-state index contributed by atoms with van der Waals surface area (Å²) in [5.74, 6) is 1.98. The molecule has 1 N–H and O–H groups in total. The van der Waals surface area contributed by atoms with Crippen LogP contribution < -0.4 is 13.8 Å². The van der Waals surface area contributed by atoms with E-state index in [9.17, 15) is 13.2 Å². The van der Waals surface area contributed by atoms with Gasteiger partial charge in [0.1, 0.15) is 5.82 Å². The molecule has 3 aromatic carbocycles. The molecule has 0 unspecified atom stereocenters. The Morgan fingerprint density at radius 3 is 2.47 bits per heavy atom. The average Bonchev–Trinajstić information content (AvgIpc) is 3.52. The van der Waals surface area contributed by atoms with Crippen LogP contribution in [0.25, 0.3) is 28.2 Å². The zero-order chi connectivity index (χ0) is 34.4. The first-order valence-electron chi connectivity index (χ1n) is 16.1. The summed E-state index contributed by atoms with van der Waals surface area (Å²) >= 11 is 12.7. The average molecular weight is 720 g/mol. The Morgan fingerprint density at radius 1 is 0.959 bits per heavy atom. The highest BCUT2D eigenvalue weighted by Crippen LogP contribution is 2.32. The maximum absolute atomic E-state index is 12.5. The van der Waals surface area contributed by atoms with E-state index in [0.717, 1.165) is 33.5 Å². The number of nitrogens with zero attached hydrogens (tertiary/aromatic N) is 5. The highest BCUT2D eigenvalue weighted by molar-refractivity contribution is 7.91. The van der Waals surface area contributed by atoms with E-state index in [-0.39, 0.29) is 6.41 Å². The van der Waals surface area contributed by atoms with Crippen molar-refractivity contribution in [2.24, 2.45) is 5.92 Å². The summed E-state index contributed by atoms with van der Waals surface area (Å²) in [5, 5.41) is 9.66. The van der Waals surface area contributed by atoms with Crippen molar-refractivity contribution in [1.29, 1.82) is 0 Å². The van der Waals surface area contributed by atoms with Crippen LogP contribution in [0, 0.1) is 5.92 Å². The van der Waals surface area contributed by atoms with E-state index in [4.69, 9.17) is 32.9 Å². The molecule has 2 aromatic heterocycles. The number of anilines is 1. The van der Waals surface area contributed by atoms with Crippen molar-refractivity contribution in [2.45, 2.75) is 44.9 Å². The molecular weight excluding hydrogens is 683 g/mol. The number of aromatic nitrogens is 4. The van der Waals surface area contributed by atoms with Gasteiger partial charge in [0, 0.05) is 47.6 Å².